The SMILES string of the molecule is C=C=CC=C=C. The Morgan fingerprint density at radius 2 is 1.33 bits per heavy atom. The van der Waals surface area contributed by atoms with Gasteiger partial charge in [0.1, 0.15) is 0 Å². The fraction of sp³-hybridized carbons (Fsp3) is 0. The van der Waals surface area contributed by atoms with E-state index >= 15 is 0 Å². The van der Waals surface area contributed by atoms with Crippen LogP contribution in [0.15, 0.2) is 36.8 Å². The van der Waals surface area contributed by atoms with Gasteiger partial charge in [-0.2, -0.15) is 0 Å². The average Bonchev–Trinajstić information content (AvgIpc) is 1.61. The Morgan fingerprint density at radius 1 is 1.00 bits per heavy atom. The second-order valence-electron chi connectivity index (χ2n) is 0.742. The van der Waals surface area contributed by atoms with Crippen LogP contribution in [0.5, 0.6) is 0 Å². The minimum Gasteiger partial charge on any atom is -0.128 e. The van der Waals surface area contributed by atoms with Crippen LogP contribution in [0.3, 0.4) is 0 Å². The molecule has 0 N–H and O–H groups in total. The third kappa shape index (κ3) is 3.04. The Bertz CT molecular complexity index is 92.0. The lowest BCUT2D eigenvalue weighted by Crippen LogP contribution is -1.30. The molecule has 0 heteroatoms. The molecule has 0 aromatic rings. The maximum absolute atomic E-state index is 3.32. The molecule has 0 saturated heterocycles. The minimum absolute atomic E-state index is 1.65. The van der Waals surface area contributed by atoms with Gasteiger partial charge in [-0.1, -0.05) is 13.2 Å². The van der Waals surface area contributed by atoms with Crippen molar-refractivity contribution >= 4 is 0 Å². The van der Waals surface area contributed by atoms with Gasteiger partial charge >= 0.3 is 0 Å². The van der Waals surface area contributed by atoms with Crippen LogP contribution in [0.4, 0.5) is 0 Å². The molecule has 0 spiro atoms. The van der Waals surface area contributed by atoms with Crippen molar-refractivity contribution in [2.24, 2.45) is 0 Å². The van der Waals surface area contributed by atoms with Gasteiger partial charge in [-0.25, -0.2) is 0 Å². The summed E-state index contributed by atoms with van der Waals surface area (Å²) in [5.74, 6) is 0. The summed E-state index contributed by atoms with van der Waals surface area (Å²) >= 11 is 0. The minimum atomic E-state index is 1.65. The first-order valence-electron chi connectivity index (χ1n) is 1.62. The highest BCUT2D eigenvalue weighted by molar-refractivity contribution is 4.97. The van der Waals surface area contributed by atoms with Gasteiger partial charge in [0, 0.05) is 0 Å². The van der Waals surface area contributed by atoms with Gasteiger partial charge in [0.05, 0.1) is 0 Å². The quantitative estimate of drug-likeness (QED) is 0.330. The Balaban J connectivity index is 3.64. The fourth-order valence-corrected chi connectivity index (χ4v) is 0.118. The molecule has 0 heterocycles. The molecule has 0 amide bonds. The fourth-order valence-electron chi connectivity index (χ4n) is 0.118. The summed E-state index contributed by atoms with van der Waals surface area (Å²) in [5, 5.41) is 0. The van der Waals surface area contributed by atoms with E-state index in [1.807, 2.05) is 0 Å². The molecule has 0 rings (SSSR count). The highest BCUT2D eigenvalue weighted by Gasteiger charge is 1.41. The van der Waals surface area contributed by atoms with Crippen LogP contribution in [0.2, 0.25) is 0 Å². The molecule has 0 radical (unpaired) electrons. The largest absolute Gasteiger partial charge is 0.128 e. The predicted molar refractivity (Wildman–Crippen MR) is 27.4 cm³/mol. The van der Waals surface area contributed by atoms with E-state index < -0.39 is 0 Å². The lowest BCUT2D eigenvalue weighted by Gasteiger charge is -1.50. The molecule has 0 aliphatic carbocycles. The standard InChI is InChI=1S/C6H6/c1-3-5-6-4-2/h5-6H,1-2H2. The first kappa shape index (κ1) is 5.04. The van der Waals surface area contributed by atoms with Crippen LogP contribution in [0.25, 0.3) is 0 Å². The summed E-state index contributed by atoms with van der Waals surface area (Å²) in [5.41, 5.74) is 5.07. The Labute approximate surface area is 37.8 Å². The van der Waals surface area contributed by atoms with Crippen LogP contribution in [0, 0.1) is 0 Å². The zero-order valence-corrected chi connectivity index (χ0v) is 3.57. The summed E-state index contributed by atoms with van der Waals surface area (Å²) in [7, 11) is 0. The van der Waals surface area contributed by atoms with Crippen LogP contribution in [-0.4, -0.2) is 0 Å². The van der Waals surface area contributed by atoms with Crippen molar-refractivity contribution < 1.29 is 0 Å². The summed E-state index contributed by atoms with van der Waals surface area (Å²) in [6.45, 7) is 6.64. The summed E-state index contributed by atoms with van der Waals surface area (Å²) in [6.07, 6.45) is 3.29. The smallest absolute Gasteiger partial charge is 0.0129 e. The van der Waals surface area contributed by atoms with Crippen LogP contribution in [-0.2, 0) is 0 Å². The molecular formula is C6H6. The van der Waals surface area contributed by atoms with Crippen molar-refractivity contribution in [1.82, 2.24) is 0 Å². The van der Waals surface area contributed by atoms with Gasteiger partial charge in [0.2, 0.25) is 0 Å². The van der Waals surface area contributed by atoms with Gasteiger partial charge in [-0.05, 0) is 12.2 Å². The van der Waals surface area contributed by atoms with Crippen molar-refractivity contribution in [3.63, 3.8) is 0 Å². The maximum atomic E-state index is 3.32. The zero-order chi connectivity index (χ0) is 4.83. The highest BCUT2D eigenvalue weighted by Crippen LogP contribution is 1.61. The van der Waals surface area contributed by atoms with E-state index in [9.17, 15) is 0 Å². The van der Waals surface area contributed by atoms with E-state index in [-0.39, 0.29) is 0 Å². The number of hydrogen-bond acceptors (Lipinski definition) is 0. The van der Waals surface area contributed by atoms with Crippen LogP contribution >= 0.6 is 0 Å². The van der Waals surface area contributed by atoms with E-state index in [2.05, 4.69) is 24.6 Å². The van der Waals surface area contributed by atoms with Gasteiger partial charge in [-0.3, -0.25) is 0 Å². The molecular weight excluding hydrogens is 72.1 g/mol. The molecule has 0 aromatic heterocycles. The molecule has 0 bridgehead atoms. The predicted octanol–water partition coefficient (Wildman–Crippen LogP) is 1.67. The van der Waals surface area contributed by atoms with Crippen molar-refractivity contribution in [3.05, 3.63) is 36.8 Å². The Morgan fingerprint density at radius 3 is 1.50 bits per heavy atom. The van der Waals surface area contributed by atoms with Gasteiger partial charge in [-0.15, -0.1) is 11.5 Å². The second kappa shape index (κ2) is 4.04. The molecule has 30 valence electrons. The molecule has 0 nitrogen and oxygen atoms in total. The van der Waals surface area contributed by atoms with E-state index in [4.69, 9.17) is 0 Å². The van der Waals surface area contributed by atoms with Crippen molar-refractivity contribution in [2.45, 2.75) is 0 Å². The third-order valence-corrected chi connectivity index (χ3v) is 0.319. The van der Waals surface area contributed by atoms with Crippen molar-refractivity contribution in [3.8, 4) is 0 Å². The molecule has 0 aromatic carbocycles. The normalized spacial score (nSPS) is 4.67. The molecule has 0 saturated carbocycles. The lowest BCUT2D eigenvalue weighted by atomic mass is 10.6. The molecule has 0 atom stereocenters. The number of rotatable bonds is 1. The highest BCUT2D eigenvalue weighted by atomic mass is 13.5. The molecule has 0 fully saturated rings. The monoisotopic (exact) mass is 78.0 g/mol. The topological polar surface area (TPSA) is 0 Å². The lowest BCUT2D eigenvalue weighted by molar-refractivity contribution is 2.06. The summed E-state index contributed by atoms with van der Waals surface area (Å²) in [4.78, 5) is 0. The summed E-state index contributed by atoms with van der Waals surface area (Å²) in [6, 6.07) is 0. The van der Waals surface area contributed by atoms with Gasteiger partial charge in [0.25, 0.3) is 0 Å². The number of allylic oxidation sites excluding steroid dienone is 2. The van der Waals surface area contributed by atoms with E-state index in [0.29, 0.717) is 0 Å². The van der Waals surface area contributed by atoms with Crippen LogP contribution < -0.4 is 0 Å². The molecule has 0 unspecified atom stereocenters. The van der Waals surface area contributed by atoms with E-state index in [1.54, 1.807) is 12.2 Å². The van der Waals surface area contributed by atoms with Gasteiger partial charge in [0.15, 0.2) is 0 Å². The zero-order valence-electron chi connectivity index (χ0n) is 3.57. The van der Waals surface area contributed by atoms with E-state index in [0.717, 1.165) is 0 Å². The van der Waals surface area contributed by atoms with Gasteiger partial charge < -0.3 is 0 Å². The summed E-state index contributed by atoms with van der Waals surface area (Å²) < 4.78 is 0. The Kier molecular flexibility index (Phi) is 3.39. The molecule has 6 heavy (non-hydrogen) atoms. The third-order valence-electron chi connectivity index (χ3n) is 0.319. The first-order valence-corrected chi connectivity index (χ1v) is 1.62. The first-order chi connectivity index (χ1) is 2.91. The van der Waals surface area contributed by atoms with Crippen LogP contribution in [0.1, 0.15) is 0 Å². The van der Waals surface area contributed by atoms with E-state index in [1.165, 1.54) is 0 Å². The average molecular weight is 78.1 g/mol. The van der Waals surface area contributed by atoms with Crippen molar-refractivity contribution in [2.75, 3.05) is 0 Å². The molecule has 0 aliphatic heterocycles. The maximum Gasteiger partial charge on any atom is -0.0129 e. The van der Waals surface area contributed by atoms with Crippen molar-refractivity contribution in [1.29, 1.82) is 0 Å². The molecule has 0 aliphatic rings. The second-order valence-corrected chi connectivity index (χ2v) is 0.742. The number of hydrogen-bond donors (Lipinski definition) is 0. The Hall–Kier alpha value is -0.960.